The zero-order valence-corrected chi connectivity index (χ0v) is 11.9. The molecule has 1 unspecified atom stereocenters. The molecule has 2 N–H and O–H groups in total. The number of aliphatic hydroxyl groups is 2. The van der Waals surface area contributed by atoms with Crippen LogP contribution in [-0.4, -0.2) is 41.2 Å². The van der Waals surface area contributed by atoms with Crippen LogP contribution in [0.4, 0.5) is 0 Å². The Morgan fingerprint density at radius 1 is 1.10 bits per heavy atom. The second-order valence-corrected chi connectivity index (χ2v) is 4.85. The topological polar surface area (TPSA) is 60.8 Å². The van der Waals surface area contributed by atoms with Crippen molar-refractivity contribution in [2.75, 3.05) is 20.2 Å². The molecule has 0 spiro atoms. The van der Waals surface area contributed by atoms with Crippen LogP contribution in [0, 0.1) is 0 Å². The van der Waals surface area contributed by atoms with Crippen molar-refractivity contribution in [1.29, 1.82) is 0 Å². The van der Waals surface area contributed by atoms with Crippen LogP contribution in [0.3, 0.4) is 0 Å². The van der Waals surface area contributed by atoms with Crippen LogP contribution in [-0.2, 0) is 0 Å². The summed E-state index contributed by atoms with van der Waals surface area (Å²) < 4.78 is 0. The number of carbonyl (C=O) groups excluding carboxylic acids is 1. The van der Waals surface area contributed by atoms with Crippen molar-refractivity contribution in [2.45, 2.75) is 6.10 Å². The molecule has 1 amide bonds. The number of carbonyl (C=O) groups is 1. The van der Waals surface area contributed by atoms with E-state index in [0.29, 0.717) is 11.1 Å². The highest BCUT2D eigenvalue weighted by molar-refractivity contribution is 5.95. The molecule has 4 nitrogen and oxygen atoms in total. The lowest BCUT2D eigenvalue weighted by atomic mass is 9.96. The van der Waals surface area contributed by atoms with Gasteiger partial charge in [0.15, 0.2) is 0 Å². The zero-order chi connectivity index (χ0) is 15.2. The number of aliphatic hydroxyl groups excluding tert-OH is 2. The van der Waals surface area contributed by atoms with Crippen molar-refractivity contribution in [2.24, 2.45) is 0 Å². The van der Waals surface area contributed by atoms with Crippen LogP contribution in [0.2, 0.25) is 0 Å². The molecule has 4 heteroatoms. The maximum atomic E-state index is 12.4. The standard InChI is InChI=1S/C17H19NO3/c1-18(11-12-19)17(21)15-10-6-5-9-14(15)16(20)13-7-3-2-4-8-13/h2-10,16,19-20H,11-12H2,1H3. The van der Waals surface area contributed by atoms with E-state index in [-0.39, 0.29) is 19.1 Å². The summed E-state index contributed by atoms with van der Waals surface area (Å²) in [5, 5.41) is 19.5. The highest BCUT2D eigenvalue weighted by Crippen LogP contribution is 2.25. The van der Waals surface area contributed by atoms with E-state index in [2.05, 4.69) is 0 Å². The molecule has 0 fully saturated rings. The van der Waals surface area contributed by atoms with Crippen LogP contribution in [0.15, 0.2) is 54.6 Å². The van der Waals surface area contributed by atoms with E-state index in [4.69, 9.17) is 5.11 Å². The molecule has 1 atom stereocenters. The third kappa shape index (κ3) is 3.48. The van der Waals surface area contributed by atoms with Crippen molar-refractivity contribution in [3.8, 4) is 0 Å². The zero-order valence-electron chi connectivity index (χ0n) is 11.9. The smallest absolute Gasteiger partial charge is 0.254 e. The lowest BCUT2D eigenvalue weighted by Gasteiger charge is -2.20. The quantitative estimate of drug-likeness (QED) is 0.881. The van der Waals surface area contributed by atoms with E-state index < -0.39 is 6.10 Å². The summed E-state index contributed by atoms with van der Waals surface area (Å²) in [5.74, 6) is -0.213. The van der Waals surface area contributed by atoms with Gasteiger partial charge < -0.3 is 15.1 Å². The van der Waals surface area contributed by atoms with Gasteiger partial charge in [0, 0.05) is 19.2 Å². The number of likely N-dealkylation sites (N-methyl/N-ethyl adjacent to an activating group) is 1. The molecular weight excluding hydrogens is 266 g/mol. The summed E-state index contributed by atoms with van der Waals surface area (Å²) in [6.45, 7) is 0.167. The van der Waals surface area contributed by atoms with Crippen LogP contribution in [0.5, 0.6) is 0 Å². The number of benzene rings is 2. The Morgan fingerprint density at radius 2 is 1.71 bits per heavy atom. The molecule has 0 saturated heterocycles. The second-order valence-electron chi connectivity index (χ2n) is 4.85. The van der Waals surface area contributed by atoms with Crippen LogP contribution < -0.4 is 0 Å². The largest absolute Gasteiger partial charge is 0.395 e. The fraction of sp³-hybridized carbons (Fsp3) is 0.235. The van der Waals surface area contributed by atoms with E-state index in [1.165, 1.54) is 4.90 Å². The van der Waals surface area contributed by atoms with E-state index in [1.54, 1.807) is 31.3 Å². The molecule has 21 heavy (non-hydrogen) atoms. The van der Waals surface area contributed by atoms with Gasteiger partial charge in [-0.3, -0.25) is 4.79 Å². The van der Waals surface area contributed by atoms with Gasteiger partial charge in [-0.1, -0.05) is 48.5 Å². The molecule has 0 aliphatic rings. The average Bonchev–Trinajstić information content (AvgIpc) is 2.54. The summed E-state index contributed by atoms with van der Waals surface area (Å²) >= 11 is 0. The second kappa shape index (κ2) is 7.02. The third-order valence-corrected chi connectivity index (χ3v) is 3.38. The van der Waals surface area contributed by atoms with Gasteiger partial charge in [-0.2, -0.15) is 0 Å². The molecule has 2 aromatic rings. The fourth-order valence-electron chi connectivity index (χ4n) is 2.20. The molecule has 0 radical (unpaired) electrons. The van der Waals surface area contributed by atoms with Gasteiger partial charge in [-0.25, -0.2) is 0 Å². The SMILES string of the molecule is CN(CCO)C(=O)c1ccccc1C(O)c1ccccc1. The van der Waals surface area contributed by atoms with Crippen LogP contribution in [0.1, 0.15) is 27.6 Å². The normalized spacial score (nSPS) is 12.0. The molecular formula is C17H19NO3. The van der Waals surface area contributed by atoms with Gasteiger partial charge in [0.25, 0.3) is 5.91 Å². The van der Waals surface area contributed by atoms with Gasteiger partial charge in [-0.15, -0.1) is 0 Å². The Bertz CT molecular complexity index is 598. The van der Waals surface area contributed by atoms with Crippen molar-refractivity contribution in [3.63, 3.8) is 0 Å². The summed E-state index contributed by atoms with van der Waals surface area (Å²) in [6.07, 6.45) is -0.853. The van der Waals surface area contributed by atoms with E-state index in [0.717, 1.165) is 5.56 Å². The molecule has 110 valence electrons. The minimum atomic E-state index is -0.853. The van der Waals surface area contributed by atoms with Crippen LogP contribution in [0.25, 0.3) is 0 Å². The minimum Gasteiger partial charge on any atom is -0.395 e. The van der Waals surface area contributed by atoms with Crippen LogP contribution >= 0.6 is 0 Å². The Morgan fingerprint density at radius 3 is 2.38 bits per heavy atom. The number of amides is 1. The van der Waals surface area contributed by atoms with E-state index in [1.807, 2.05) is 30.3 Å². The van der Waals surface area contributed by atoms with Crippen molar-refractivity contribution in [3.05, 3.63) is 71.3 Å². The monoisotopic (exact) mass is 285 g/mol. The lowest BCUT2D eigenvalue weighted by Crippen LogP contribution is -2.30. The first kappa shape index (κ1) is 15.2. The number of nitrogens with zero attached hydrogens (tertiary/aromatic N) is 1. The van der Waals surface area contributed by atoms with Gasteiger partial charge in [0.05, 0.1) is 6.61 Å². The Labute approximate surface area is 124 Å². The summed E-state index contributed by atoms with van der Waals surface area (Å²) in [4.78, 5) is 13.8. The molecule has 0 saturated carbocycles. The molecule has 2 rings (SSSR count). The summed E-state index contributed by atoms with van der Waals surface area (Å²) in [5.41, 5.74) is 1.76. The van der Waals surface area contributed by atoms with Gasteiger partial charge in [0.1, 0.15) is 6.10 Å². The first-order valence-corrected chi connectivity index (χ1v) is 6.83. The van der Waals surface area contributed by atoms with Gasteiger partial charge in [0.2, 0.25) is 0 Å². The predicted molar refractivity (Wildman–Crippen MR) is 81.0 cm³/mol. The molecule has 0 aliphatic carbocycles. The predicted octanol–water partition coefficient (Wildman–Crippen LogP) is 1.83. The molecule has 0 heterocycles. The minimum absolute atomic E-state index is 0.0916. The molecule has 0 aliphatic heterocycles. The molecule has 0 aromatic heterocycles. The average molecular weight is 285 g/mol. The first-order chi connectivity index (χ1) is 10.1. The number of rotatable bonds is 5. The maximum absolute atomic E-state index is 12.4. The highest BCUT2D eigenvalue weighted by Gasteiger charge is 2.20. The highest BCUT2D eigenvalue weighted by atomic mass is 16.3. The lowest BCUT2D eigenvalue weighted by molar-refractivity contribution is 0.0762. The molecule has 2 aromatic carbocycles. The summed E-state index contributed by atoms with van der Waals surface area (Å²) in [6, 6.07) is 16.2. The van der Waals surface area contributed by atoms with Crippen molar-refractivity contribution < 1.29 is 15.0 Å². The Hall–Kier alpha value is -2.17. The van der Waals surface area contributed by atoms with Crippen molar-refractivity contribution in [1.82, 2.24) is 4.90 Å². The first-order valence-electron chi connectivity index (χ1n) is 6.83. The third-order valence-electron chi connectivity index (χ3n) is 3.38. The maximum Gasteiger partial charge on any atom is 0.254 e. The Balaban J connectivity index is 2.35. The fourth-order valence-corrected chi connectivity index (χ4v) is 2.20. The number of hydrogen-bond acceptors (Lipinski definition) is 3. The van der Waals surface area contributed by atoms with Gasteiger partial charge in [-0.05, 0) is 17.2 Å². The van der Waals surface area contributed by atoms with Gasteiger partial charge >= 0.3 is 0 Å². The summed E-state index contributed by atoms with van der Waals surface area (Å²) in [7, 11) is 1.63. The Kier molecular flexibility index (Phi) is 5.09. The van der Waals surface area contributed by atoms with Crippen molar-refractivity contribution >= 4 is 5.91 Å². The molecule has 0 bridgehead atoms. The number of hydrogen-bond donors (Lipinski definition) is 2. The van der Waals surface area contributed by atoms with E-state index >= 15 is 0 Å². The van der Waals surface area contributed by atoms with E-state index in [9.17, 15) is 9.90 Å².